The topological polar surface area (TPSA) is 111 Å². The molecule has 0 radical (unpaired) electrons. The van der Waals surface area contributed by atoms with Gasteiger partial charge in [-0.3, -0.25) is 0 Å². The summed E-state index contributed by atoms with van der Waals surface area (Å²) in [6.45, 7) is 5.61. The SMILES string of the molecule is CC(C)c1noc(N2CCC(Oc3ncnc4c(-c5ccc(S(C)(=O)=O)cc5)csc34)CC2)n1. The summed E-state index contributed by atoms with van der Waals surface area (Å²) in [4.78, 5) is 15.8. The van der Waals surface area contributed by atoms with Gasteiger partial charge in [0.05, 0.1) is 10.4 Å². The van der Waals surface area contributed by atoms with Crippen molar-refractivity contribution >= 4 is 37.4 Å². The van der Waals surface area contributed by atoms with Crippen molar-refractivity contribution in [1.82, 2.24) is 20.1 Å². The number of benzene rings is 1. The monoisotopic (exact) mass is 499 g/mol. The molecule has 1 aliphatic rings. The summed E-state index contributed by atoms with van der Waals surface area (Å²) >= 11 is 1.52. The molecule has 0 bridgehead atoms. The van der Waals surface area contributed by atoms with Crippen LogP contribution in [0.2, 0.25) is 0 Å². The smallest absolute Gasteiger partial charge is 0.324 e. The van der Waals surface area contributed by atoms with Crippen LogP contribution in [-0.2, 0) is 9.84 Å². The summed E-state index contributed by atoms with van der Waals surface area (Å²) in [7, 11) is -3.24. The van der Waals surface area contributed by atoms with Crippen molar-refractivity contribution in [2.75, 3.05) is 24.2 Å². The average Bonchev–Trinajstić information content (AvgIpc) is 3.48. The Bertz CT molecular complexity index is 1400. The lowest BCUT2D eigenvalue weighted by Gasteiger charge is -2.30. The predicted molar refractivity (Wildman–Crippen MR) is 130 cm³/mol. The Balaban J connectivity index is 1.30. The number of sulfone groups is 1. The summed E-state index contributed by atoms with van der Waals surface area (Å²) in [6.07, 6.45) is 4.38. The van der Waals surface area contributed by atoms with Gasteiger partial charge in [0, 0.05) is 49.0 Å². The highest BCUT2D eigenvalue weighted by molar-refractivity contribution is 7.90. The van der Waals surface area contributed by atoms with Crippen molar-refractivity contribution in [1.29, 1.82) is 0 Å². The quantitative estimate of drug-likeness (QED) is 0.383. The van der Waals surface area contributed by atoms with Gasteiger partial charge < -0.3 is 14.2 Å². The predicted octanol–water partition coefficient (Wildman–Crippen LogP) is 4.32. The van der Waals surface area contributed by atoms with E-state index in [0.717, 1.165) is 53.1 Å². The molecule has 4 aromatic rings. The van der Waals surface area contributed by atoms with Gasteiger partial charge in [0.1, 0.15) is 17.1 Å². The number of ether oxygens (including phenoxy) is 1. The normalized spacial score (nSPS) is 15.4. The van der Waals surface area contributed by atoms with E-state index < -0.39 is 9.84 Å². The summed E-state index contributed by atoms with van der Waals surface area (Å²) in [6, 6.07) is 7.41. The van der Waals surface area contributed by atoms with Gasteiger partial charge in [-0.2, -0.15) is 4.98 Å². The van der Waals surface area contributed by atoms with Crippen molar-refractivity contribution in [2.24, 2.45) is 0 Å². The second-order valence-electron chi connectivity index (χ2n) is 8.70. The summed E-state index contributed by atoms with van der Waals surface area (Å²) < 4.78 is 36.1. The molecule has 3 aromatic heterocycles. The number of anilines is 1. The molecule has 1 aromatic carbocycles. The molecule has 34 heavy (non-hydrogen) atoms. The number of aromatic nitrogens is 4. The molecule has 1 aliphatic heterocycles. The molecule has 0 saturated carbocycles. The highest BCUT2D eigenvalue weighted by Crippen LogP contribution is 2.37. The number of fused-ring (bicyclic) bond motifs is 1. The van der Waals surface area contributed by atoms with Gasteiger partial charge in [-0.15, -0.1) is 11.3 Å². The van der Waals surface area contributed by atoms with Gasteiger partial charge in [-0.1, -0.05) is 31.1 Å². The van der Waals surface area contributed by atoms with E-state index in [4.69, 9.17) is 9.26 Å². The minimum absolute atomic E-state index is 0.0291. The largest absolute Gasteiger partial charge is 0.473 e. The van der Waals surface area contributed by atoms with Crippen molar-refractivity contribution in [3.05, 3.63) is 41.8 Å². The molecule has 0 spiro atoms. The molecule has 178 valence electrons. The molecule has 1 saturated heterocycles. The first-order valence-electron chi connectivity index (χ1n) is 11.1. The number of thiophene rings is 1. The van der Waals surface area contributed by atoms with Gasteiger partial charge in [0.15, 0.2) is 15.7 Å². The molecule has 0 N–H and O–H groups in total. The Labute approximate surface area is 201 Å². The molecule has 0 unspecified atom stereocenters. The molecular formula is C23H25N5O4S2. The summed E-state index contributed by atoms with van der Waals surface area (Å²) in [5.74, 6) is 1.52. The van der Waals surface area contributed by atoms with E-state index >= 15 is 0 Å². The van der Waals surface area contributed by atoms with Crippen LogP contribution in [0.15, 0.2) is 45.4 Å². The van der Waals surface area contributed by atoms with Crippen LogP contribution in [0.25, 0.3) is 21.3 Å². The Morgan fingerprint density at radius 1 is 1.15 bits per heavy atom. The average molecular weight is 500 g/mol. The van der Waals surface area contributed by atoms with E-state index in [9.17, 15) is 8.42 Å². The van der Waals surface area contributed by atoms with Crippen LogP contribution in [0.5, 0.6) is 5.88 Å². The summed E-state index contributed by atoms with van der Waals surface area (Å²) in [5.41, 5.74) is 2.63. The molecule has 9 nitrogen and oxygen atoms in total. The Morgan fingerprint density at radius 2 is 1.88 bits per heavy atom. The third kappa shape index (κ3) is 4.49. The molecular weight excluding hydrogens is 474 g/mol. The van der Waals surface area contributed by atoms with Crippen molar-refractivity contribution in [3.8, 4) is 17.0 Å². The zero-order valence-corrected chi connectivity index (χ0v) is 20.8. The molecule has 0 amide bonds. The van der Waals surface area contributed by atoms with Crippen molar-refractivity contribution in [3.63, 3.8) is 0 Å². The molecule has 0 atom stereocenters. The third-order valence-electron chi connectivity index (χ3n) is 5.85. The van der Waals surface area contributed by atoms with Crippen LogP contribution in [0, 0.1) is 0 Å². The fourth-order valence-corrected chi connectivity index (χ4v) is 5.50. The van der Waals surface area contributed by atoms with E-state index in [1.54, 1.807) is 24.3 Å². The zero-order chi connectivity index (χ0) is 23.9. The molecule has 11 heteroatoms. The van der Waals surface area contributed by atoms with Gasteiger partial charge in [0.2, 0.25) is 5.88 Å². The Morgan fingerprint density at radius 3 is 2.53 bits per heavy atom. The van der Waals surface area contributed by atoms with Crippen LogP contribution in [0.1, 0.15) is 38.4 Å². The number of nitrogens with zero attached hydrogens (tertiary/aromatic N) is 5. The van der Waals surface area contributed by atoms with Gasteiger partial charge in [0.25, 0.3) is 0 Å². The number of piperidine rings is 1. The first-order valence-corrected chi connectivity index (χ1v) is 13.8. The maximum Gasteiger partial charge on any atom is 0.324 e. The van der Waals surface area contributed by atoms with Crippen LogP contribution >= 0.6 is 11.3 Å². The number of rotatable bonds is 6. The summed E-state index contributed by atoms with van der Waals surface area (Å²) in [5, 5.41) is 6.06. The second-order valence-corrected chi connectivity index (χ2v) is 11.6. The Kier molecular flexibility index (Phi) is 5.98. The minimum atomic E-state index is -3.24. The van der Waals surface area contributed by atoms with Gasteiger partial charge >= 0.3 is 6.01 Å². The van der Waals surface area contributed by atoms with E-state index in [0.29, 0.717) is 16.8 Å². The molecule has 4 heterocycles. The van der Waals surface area contributed by atoms with Crippen LogP contribution in [0.3, 0.4) is 0 Å². The fraction of sp³-hybridized carbons (Fsp3) is 0.391. The lowest BCUT2D eigenvalue weighted by molar-refractivity contribution is 0.164. The van der Waals surface area contributed by atoms with Crippen molar-refractivity contribution < 1.29 is 17.7 Å². The van der Waals surface area contributed by atoms with Gasteiger partial charge in [-0.25, -0.2) is 18.4 Å². The number of hydrogen-bond donors (Lipinski definition) is 0. The van der Waals surface area contributed by atoms with Crippen LogP contribution in [0.4, 0.5) is 6.01 Å². The van der Waals surface area contributed by atoms with E-state index in [1.807, 2.05) is 19.2 Å². The Hall–Kier alpha value is -3.05. The van der Waals surface area contributed by atoms with Crippen LogP contribution in [-0.4, -0.2) is 54.0 Å². The van der Waals surface area contributed by atoms with Crippen molar-refractivity contribution in [2.45, 2.75) is 43.6 Å². The van der Waals surface area contributed by atoms with E-state index in [1.165, 1.54) is 23.9 Å². The third-order valence-corrected chi connectivity index (χ3v) is 7.94. The molecule has 5 rings (SSSR count). The number of hydrogen-bond acceptors (Lipinski definition) is 10. The lowest BCUT2D eigenvalue weighted by atomic mass is 10.1. The fourth-order valence-electron chi connectivity index (χ4n) is 3.91. The minimum Gasteiger partial charge on any atom is -0.473 e. The molecule has 0 aliphatic carbocycles. The standard InChI is InChI=1S/C23H25N5O4S2/c1-14(2)21-26-23(32-27-21)28-10-8-16(9-11-28)31-22-20-19(24-13-25-22)18(12-33-20)15-4-6-17(7-5-15)34(3,29)30/h4-7,12-14,16H,8-11H2,1-3H3. The highest BCUT2D eigenvalue weighted by atomic mass is 32.2. The maximum atomic E-state index is 11.8. The van der Waals surface area contributed by atoms with E-state index in [2.05, 4.69) is 25.0 Å². The van der Waals surface area contributed by atoms with Gasteiger partial charge in [-0.05, 0) is 17.7 Å². The first kappa shape index (κ1) is 22.7. The first-order chi connectivity index (χ1) is 16.3. The second kappa shape index (κ2) is 8.95. The van der Waals surface area contributed by atoms with Crippen LogP contribution < -0.4 is 9.64 Å². The lowest BCUT2D eigenvalue weighted by Crippen LogP contribution is -2.38. The molecule has 1 fully saturated rings. The highest BCUT2D eigenvalue weighted by Gasteiger charge is 2.26. The van der Waals surface area contributed by atoms with E-state index in [-0.39, 0.29) is 12.0 Å². The zero-order valence-electron chi connectivity index (χ0n) is 19.1. The maximum absolute atomic E-state index is 11.8.